The molecular weight excluding hydrogens is 668 g/mol. The van der Waals surface area contributed by atoms with E-state index in [4.69, 9.17) is 26.2 Å². The van der Waals surface area contributed by atoms with Gasteiger partial charge in [0.05, 0.1) is 24.4 Å². The summed E-state index contributed by atoms with van der Waals surface area (Å²) in [7, 11) is 0. The van der Waals surface area contributed by atoms with Gasteiger partial charge in [-0.1, -0.05) is 96.5 Å². The fourth-order valence-corrected chi connectivity index (χ4v) is 7.06. The summed E-state index contributed by atoms with van der Waals surface area (Å²) in [6.07, 6.45) is 1.41. The van der Waals surface area contributed by atoms with Crippen LogP contribution in [0.25, 0.3) is 11.1 Å². The number of amides is 1. The molecule has 0 spiro atoms. The smallest absolute Gasteiger partial charge is 0.303 e. The van der Waals surface area contributed by atoms with E-state index in [1.54, 1.807) is 0 Å². The summed E-state index contributed by atoms with van der Waals surface area (Å²) in [6, 6.07) is 31.3. The first kappa shape index (κ1) is 36.7. The van der Waals surface area contributed by atoms with Crippen molar-refractivity contribution in [3.63, 3.8) is 0 Å². The SMILES string of the molecule is O=C(O)CCCC(=O)NCc1ccccc1-c1ccc([C@@H]2O[C@H](CN3CCC(O)(c4ccc(Cl)cc4)CC3)C[C@H](c3ccc(CO)cc3)O2)cc1. The summed E-state index contributed by atoms with van der Waals surface area (Å²) >= 11 is 6.09. The van der Waals surface area contributed by atoms with Crippen LogP contribution in [-0.2, 0) is 37.8 Å². The molecule has 0 aromatic heterocycles. The Labute approximate surface area is 303 Å². The van der Waals surface area contributed by atoms with Crippen LogP contribution in [0.1, 0.15) is 78.7 Å². The number of aliphatic hydroxyl groups is 2. The van der Waals surface area contributed by atoms with Crippen molar-refractivity contribution in [2.24, 2.45) is 0 Å². The van der Waals surface area contributed by atoms with Gasteiger partial charge in [-0.15, -0.1) is 0 Å². The molecule has 6 rings (SSSR count). The van der Waals surface area contributed by atoms with E-state index in [0.29, 0.717) is 43.8 Å². The van der Waals surface area contributed by atoms with E-state index < -0.39 is 17.9 Å². The van der Waals surface area contributed by atoms with Gasteiger partial charge in [0.25, 0.3) is 0 Å². The lowest BCUT2D eigenvalue weighted by atomic mass is 9.84. The third-order valence-electron chi connectivity index (χ3n) is 9.92. The number of carboxylic acid groups (broad SMARTS) is 1. The van der Waals surface area contributed by atoms with Crippen molar-refractivity contribution >= 4 is 23.5 Å². The summed E-state index contributed by atoms with van der Waals surface area (Å²) in [5, 5.41) is 33.4. The van der Waals surface area contributed by atoms with Crippen molar-refractivity contribution in [2.45, 2.75) is 75.8 Å². The van der Waals surface area contributed by atoms with Gasteiger partial charge in [0.1, 0.15) is 0 Å². The number of nitrogens with zero attached hydrogens (tertiary/aromatic N) is 1. The number of likely N-dealkylation sites (tertiary alicyclic amines) is 1. The molecule has 4 aromatic carbocycles. The number of rotatable bonds is 13. The average Bonchev–Trinajstić information content (AvgIpc) is 3.15. The molecule has 2 aliphatic rings. The van der Waals surface area contributed by atoms with Gasteiger partial charge < -0.3 is 35.0 Å². The van der Waals surface area contributed by atoms with Gasteiger partial charge in [-0.2, -0.15) is 0 Å². The molecular formula is C41H45ClN2O7. The van der Waals surface area contributed by atoms with E-state index in [9.17, 15) is 19.8 Å². The van der Waals surface area contributed by atoms with Crippen molar-refractivity contribution in [1.82, 2.24) is 10.2 Å². The molecule has 1 amide bonds. The van der Waals surface area contributed by atoms with Crippen LogP contribution in [0, 0.1) is 0 Å². The van der Waals surface area contributed by atoms with Crippen molar-refractivity contribution in [1.29, 1.82) is 0 Å². The number of nitrogens with one attached hydrogen (secondary N) is 1. The Hall–Kier alpha value is -4.09. The summed E-state index contributed by atoms with van der Waals surface area (Å²) in [5.74, 6) is -1.08. The van der Waals surface area contributed by atoms with Gasteiger partial charge in [0.2, 0.25) is 5.91 Å². The molecule has 51 heavy (non-hydrogen) atoms. The third kappa shape index (κ3) is 9.62. The number of benzene rings is 4. The molecule has 9 nitrogen and oxygen atoms in total. The van der Waals surface area contributed by atoms with Gasteiger partial charge in [0, 0.05) is 56.0 Å². The van der Waals surface area contributed by atoms with E-state index in [1.807, 2.05) is 97.1 Å². The number of carbonyl (C=O) groups excluding carboxylic acids is 1. The molecule has 0 radical (unpaired) electrons. The molecule has 3 atom stereocenters. The molecule has 2 saturated heterocycles. The first-order valence-corrected chi connectivity index (χ1v) is 17.9. The highest BCUT2D eigenvalue weighted by atomic mass is 35.5. The highest BCUT2D eigenvalue weighted by molar-refractivity contribution is 6.30. The normalized spacial score (nSPS) is 20.5. The first-order valence-electron chi connectivity index (χ1n) is 17.6. The summed E-state index contributed by atoms with van der Waals surface area (Å²) in [6.45, 7) is 2.49. The Morgan fingerprint density at radius 3 is 2.24 bits per heavy atom. The topological polar surface area (TPSA) is 129 Å². The van der Waals surface area contributed by atoms with E-state index in [1.165, 1.54) is 0 Å². The van der Waals surface area contributed by atoms with Gasteiger partial charge in [-0.25, -0.2) is 0 Å². The van der Waals surface area contributed by atoms with Crippen molar-refractivity contribution in [3.05, 3.63) is 130 Å². The third-order valence-corrected chi connectivity index (χ3v) is 10.2. The van der Waals surface area contributed by atoms with Gasteiger partial charge in [0.15, 0.2) is 6.29 Å². The molecule has 0 unspecified atom stereocenters. The number of carboxylic acids is 1. The molecule has 4 aromatic rings. The molecule has 2 fully saturated rings. The number of piperidine rings is 1. The van der Waals surface area contributed by atoms with Crippen LogP contribution in [-0.4, -0.2) is 57.8 Å². The monoisotopic (exact) mass is 712 g/mol. The number of ether oxygens (including phenoxy) is 2. The van der Waals surface area contributed by atoms with E-state index in [-0.39, 0.29) is 37.6 Å². The predicted octanol–water partition coefficient (Wildman–Crippen LogP) is 6.90. The van der Waals surface area contributed by atoms with Crippen molar-refractivity contribution in [3.8, 4) is 11.1 Å². The number of hydrogen-bond acceptors (Lipinski definition) is 7. The molecule has 10 heteroatoms. The highest BCUT2D eigenvalue weighted by Gasteiger charge is 2.37. The average molecular weight is 713 g/mol. The second-order valence-electron chi connectivity index (χ2n) is 13.5. The van der Waals surface area contributed by atoms with Gasteiger partial charge >= 0.3 is 5.97 Å². The second-order valence-corrected chi connectivity index (χ2v) is 13.9. The maximum Gasteiger partial charge on any atom is 0.303 e. The molecule has 0 aliphatic carbocycles. The summed E-state index contributed by atoms with van der Waals surface area (Å²) in [4.78, 5) is 25.5. The van der Waals surface area contributed by atoms with Crippen LogP contribution in [0.3, 0.4) is 0 Å². The lowest BCUT2D eigenvalue weighted by Crippen LogP contribution is -2.46. The lowest BCUT2D eigenvalue weighted by Gasteiger charge is -2.42. The van der Waals surface area contributed by atoms with Crippen molar-refractivity contribution < 1.29 is 34.4 Å². The first-order chi connectivity index (χ1) is 24.7. The highest BCUT2D eigenvalue weighted by Crippen LogP contribution is 2.40. The lowest BCUT2D eigenvalue weighted by molar-refractivity contribution is -0.253. The number of aliphatic hydroxyl groups excluding tert-OH is 1. The summed E-state index contributed by atoms with van der Waals surface area (Å²) < 4.78 is 13.2. The van der Waals surface area contributed by atoms with Gasteiger partial charge in [-0.3, -0.25) is 9.59 Å². The molecule has 0 saturated carbocycles. The van der Waals surface area contributed by atoms with Crippen LogP contribution in [0.4, 0.5) is 0 Å². The molecule has 0 bridgehead atoms. The largest absolute Gasteiger partial charge is 0.481 e. The second kappa shape index (κ2) is 17.0. The molecule has 268 valence electrons. The number of hydrogen-bond donors (Lipinski definition) is 4. The molecule has 2 aliphatic heterocycles. The maximum absolute atomic E-state index is 12.3. The minimum atomic E-state index is -0.908. The number of aliphatic carboxylic acids is 1. The standard InChI is InChI=1S/C41H45ClN2O7/c42-34-18-16-33(17-19-34)41(49)20-22-44(23-21-41)26-35-24-37(30-10-8-28(27-45)9-11-30)51-40(50-35)31-14-12-29(13-15-31)36-5-2-1-4-32(36)25-43-38(46)6-3-7-39(47)48/h1-2,4-5,8-19,35,37,40,45,49H,3,6-7,20-27H2,(H,43,46)(H,47,48)/t35-,37+,40+/m0/s1. The van der Waals surface area contributed by atoms with E-state index in [2.05, 4.69) is 10.2 Å². The summed E-state index contributed by atoms with van der Waals surface area (Å²) in [5.41, 5.74) is 5.70. The van der Waals surface area contributed by atoms with Crippen LogP contribution in [0.2, 0.25) is 5.02 Å². The number of carbonyl (C=O) groups is 2. The fraction of sp³-hybridized carbons (Fsp3) is 0.366. The zero-order valence-electron chi connectivity index (χ0n) is 28.5. The Morgan fingerprint density at radius 2 is 1.55 bits per heavy atom. The Kier molecular flexibility index (Phi) is 12.2. The van der Waals surface area contributed by atoms with E-state index >= 15 is 0 Å². The van der Waals surface area contributed by atoms with Gasteiger partial charge in [-0.05, 0) is 64.8 Å². The van der Waals surface area contributed by atoms with E-state index in [0.717, 1.165) is 52.0 Å². The maximum atomic E-state index is 12.3. The Balaban J connectivity index is 1.14. The molecule has 4 N–H and O–H groups in total. The van der Waals surface area contributed by atoms with Crippen LogP contribution < -0.4 is 5.32 Å². The number of halogens is 1. The predicted molar refractivity (Wildman–Crippen MR) is 195 cm³/mol. The van der Waals surface area contributed by atoms with Crippen molar-refractivity contribution in [2.75, 3.05) is 19.6 Å². The minimum Gasteiger partial charge on any atom is -0.481 e. The Morgan fingerprint density at radius 1 is 0.863 bits per heavy atom. The molecule has 2 heterocycles. The zero-order chi connectivity index (χ0) is 35.8. The minimum absolute atomic E-state index is 0.0217. The van der Waals surface area contributed by atoms with Crippen LogP contribution in [0.5, 0.6) is 0 Å². The fourth-order valence-electron chi connectivity index (χ4n) is 6.93. The Bertz CT molecular complexity index is 1760. The quantitative estimate of drug-likeness (QED) is 0.118. The zero-order valence-corrected chi connectivity index (χ0v) is 29.3. The van der Waals surface area contributed by atoms with Crippen LogP contribution >= 0.6 is 11.6 Å². The van der Waals surface area contributed by atoms with Crippen LogP contribution in [0.15, 0.2) is 97.1 Å².